The Kier molecular flexibility index (Phi) is 3.75. The summed E-state index contributed by atoms with van der Waals surface area (Å²) in [6.07, 6.45) is 9.30. The van der Waals surface area contributed by atoms with Crippen LogP contribution >= 0.6 is 0 Å². The van der Waals surface area contributed by atoms with Crippen molar-refractivity contribution >= 4 is 22.1 Å². The lowest BCUT2D eigenvalue weighted by atomic mass is 10.1. The van der Waals surface area contributed by atoms with E-state index in [9.17, 15) is 0 Å². The number of aromatic nitrogens is 9. The van der Waals surface area contributed by atoms with E-state index in [0.717, 1.165) is 11.3 Å². The second kappa shape index (κ2) is 6.73. The summed E-state index contributed by atoms with van der Waals surface area (Å²) in [5.41, 5.74) is 4.19. The molecule has 0 radical (unpaired) electrons. The van der Waals surface area contributed by atoms with E-state index in [1.54, 1.807) is 12.4 Å². The predicted octanol–water partition coefficient (Wildman–Crippen LogP) is 3.55. The highest BCUT2D eigenvalue weighted by atomic mass is 19.1. The molecule has 0 amide bonds. The summed E-state index contributed by atoms with van der Waals surface area (Å²) in [5, 5.41) is 7.38. The summed E-state index contributed by atoms with van der Waals surface area (Å²) >= 11 is 0. The van der Waals surface area contributed by atoms with Gasteiger partial charge in [0.2, 0.25) is 0 Å². The van der Waals surface area contributed by atoms with Gasteiger partial charge in [-0.15, -0.1) is 0 Å². The molecule has 6 aromatic heterocycles. The molecule has 10 heteroatoms. The summed E-state index contributed by atoms with van der Waals surface area (Å²) in [5.74, 6) is -0.146. The molecule has 2 N–H and O–H groups in total. The van der Waals surface area contributed by atoms with Crippen molar-refractivity contribution < 1.29 is 4.39 Å². The normalized spacial score (nSPS) is 11.4. The highest BCUT2D eigenvalue weighted by Gasteiger charge is 2.21. The maximum absolute atomic E-state index is 15.5. The Morgan fingerprint density at radius 2 is 1.77 bits per heavy atom. The number of fused-ring (bicyclic) bond motifs is 2. The number of H-pyrrole nitrogens is 2. The Hall–Kier alpha value is -4.60. The molecule has 0 fully saturated rings. The minimum Gasteiger partial charge on any atom is -0.335 e. The van der Waals surface area contributed by atoms with Gasteiger partial charge < -0.3 is 4.98 Å². The molecular weight excluding hydrogens is 397 g/mol. The zero-order valence-electron chi connectivity index (χ0n) is 15.8. The fraction of sp³-hybridized carbons (Fsp3) is 0. The van der Waals surface area contributed by atoms with Gasteiger partial charge in [0.05, 0.1) is 28.3 Å². The largest absolute Gasteiger partial charge is 0.335 e. The van der Waals surface area contributed by atoms with Gasteiger partial charge in [-0.1, -0.05) is 6.07 Å². The number of hydrogen-bond acceptors (Lipinski definition) is 7. The van der Waals surface area contributed by atoms with Gasteiger partial charge in [-0.25, -0.2) is 24.3 Å². The second-order valence-electron chi connectivity index (χ2n) is 6.77. The fourth-order valence-corrected chi connectivity index (χ4v) is 3.53. The topological polar surface area (TPSA) is 122 Å². The summed E-state index contributed by atoms with van der Waals surface area (Å²) in [7, 11) is 0. The first kappa shape index (κ1) is 17.3. The van der Waals surface area contributed by atoms with E-state index < -0.39 is 5.82 Å². The maximum atomic E-state index is 15.5. The summed E-state index contributed by atoms with van der Waals surface area (Å²) in [4.78, 5) is 28.6. The molecule has 0 saturated carbocycles. The molecule has 0 aromatic carbocycles. The Morgan fingerprint density at radius 3 is 2.61 bits per heavy atom. The minimum absolute atomic E-state index is 0.138. The smallest absolute Gasteiger partial charge is 0.178 e. The van der Waals surface area contributed by atoms with Crippen LogP contribution in [0.15, 0.2) is 61.6 Å². The van der Waals surface area contributed by atoms with Gasteiger partial charge in [-0.05, 0) is 18.2 Å². The molecule has 9 nitrogen and oxygen atoms in total. The van der Waals surface area contributed by atoms with Crippen molar-refractivity contribution in [3.63, 3.8) is 0 Å². The van der Waals surface area contributed by atoms with Crippen LogP contribution in [0.25, 0.3) is 56.1 Å². The van der Waals surface area contributed by atoms with Crippen molar-refractivity contribution in [3.8, 4) is 34.0 Å². The van der Waals surface area contributed by atoms with E-state index in [1.165, 1.54) is 24.9 Å². The Morgan fingerprint density at radius 1 is 0.871 bits per heavy atom. The summed E-state index contributed by atoms with van der Waals surface area (Å²) in [6.45, 7) is 0. The van der Waals surface area contributed by atoms with Gasteiger partial charge in [0.25, 0.3) is 0 Å². The molecule has 0 saturated heterocycles. The highest BCUT2D eigenvalue weighted by Crippen LogP contribution is 2.33. The fourth-order valence-electron chi connectivity index (χ4n) is 3.53. The first-order valence-electron chi connectivity index (χ1n) is 9.34. The van der Waals surface area contributed by atoms with Crippen LogP contribution in [0.4, 0.5) is 4.39 Å². The number of pyridine rings is 3. The molecule has 0 spiro atoms. The van der Waals surface area contributed by atoms with Crippen LogP contribution in [0.5, 0.6) is 0 Å². The SMILES string of the molecule is Fc1c(-c2cncnc2)ncc2[nH]nc(-c3nc4nccc(-c5ccccn5)c4[nH]3)c12. The molecule has 6 rings (SSSR count). The van der Waals surface area contributed by atoms with E-state index in [1.807, 2.05) is 24.3 Å². The van der Waals surface area contributed by atoms with Crippen LogP contribution in [-0.2, 0) is 0 Å². The van der Waals surface area contributed by atoms with Crippen LogP contribution < -0.4 is 0 Å². The standard InChI is InChI=1S/C21H12FN9/c22-16-15-14(9-27-17(16)11-7-23-10-24-8-11)30-31-19(15)21-28-18-12(4-6-26-20(18)29-21)13-3-1-2-5-25-13/h1-10H,(H,30,31)(H,26,28,29). The van der Waals surface area contributed by atoms with E-state index in [4.69, 9.17) is 0 Å². The molecule has 0 bridgehead atoms. The minimum atomic E-state index is -0.533. The first-order valence-corrected chi connectivity index (χ1v) is 9.34. The van der Waals surface area contributed by atoms with Crippen LogP contribution in [-0.4, -0.2) is 45.1 Å². The van der Waals surface area contributed by atoms with Gasteiger partial charge in [0, 0.05) is 35.9 Å². The van der Waals surface area contributed by atoms with Crippen molar-refractivity contribution in [2.75, 3.05) is 0 Å². The van der Waals surface area contributed by atoms with Crippen LogP contribution in [0, 0.1) is 5.82 Å². The number of halogens is 1. The lowest BCUT2D eigenvalue weighted by molar-refractivity contribution is 0.638. The monoisotopic (exact) mass is 409 g/mol. The third-order valence-corrected chi connectivity index (χ3v) is 4.94. The van der Waals surface area contributed by atoms with Crippen molar-refractivity contribution in [2.45, 2.75) is 0 Å². The summed E-state index contributed by atoms with van der Waals surface area (Å²) < 4.78 is 15.5. The van der Waals surface area contributed by atoms with E-state index in [0.29, 0.717) is 33.8 Å². The molecule has 0 aliphatic carbocycles. The average molecular weight is 409 g/mol. The van der Waals surface area contributed by atoms with Crippen LogP contribution in [0.1, 0.15) is 0 Å². The van der Waals surface area contributed by atoms with Gasteiger partial charge >= 0.3 is 0 Å². The van der Waals surface area contributed by atoms with E-state index in [2.05, 4.69) is 45.1 Å². The zero-order valence-corrected chi connectivity index (χ0v) is 15.8. The van der Waals surface area contributed by atoms with Crippen molar-refractivity contribution in [3.05, 3.63) is 67.4 Å². The van der Waals surface area contributed by atoms with Gasteiger partial charge in [0.15, 0.2) is 17.3 Å². The third kappa shape index (κ3) is 2.73. The number of rotatable bonds is 3. The quantitative estimate of drug-likeness (QED) is 0.458. The number of hydrogen-bond donors (Lipinski definition) is 2. The van der Waals surface area contributed by atoms with Crippen molar-refractivity contribution in [1.29, 1.82) is 0 Å². The molecule has 31 heavy (non-hydrogen) atoms. The summed E-state index contributed by atoms with van der Waals surface area (Å²) in [6, 6.07) is 7.51. The lowest BCUT2D eigenvalue weighted by Gasteiger charge is -2.03. The molecule has 148 valence electrons. The second-order valence-corrected chi connectivity index (χ2v) is 6.77. The lowest BCUT2D eigenvalue weighted by Crippen LogP contribution is -1.93. The Bertz CT molecular complexity index is 1540. The number of nitrogens with one attached hydrogen (secondary N) is 2. The molecular formula is C21H12FN9. The molecule has 0 unspecified atom stereocenters. The zero-order chi connectivity index (χ0) is 20.8. The van der Waals surface area contributed by atoms with E-state index in [-0.39, 0.29) is 11.1 Å². The molecule has 0 aliphatic heterocycles. The predicted molar refractivity (Wildman–Crippen MR) is 111 cm³/mol. The van der Waals surface area contributed by atoms with Crippen LogP contribution in [0.3, 0.4) is 0 Å². The highest BCUT2D eigenvalue weighted by molar-refractivity contribution is 5.96. The molecule has 0 atom stereocenters. The maximum Gasteiger partial charge on any atom is 0.178 e. The average Bonchev–Trinajstić information content (AvgIpc) is 3.45. The van der Waals surface area contributed by atoms with Gasteiger partial charge in [-0.2, -0.15) is 5.10 Å². The third-order valence-electron chi connectivity index (χ3n) is 4.94. The van der Waals surface area contributed by atoms with E-state index >= 15 is 4.39 Å². The number of nitrogens with zero attached hydrogens (tertiary/aromatic N) is 7. The van der Waals surface area contributed by atoms with Crippen molar-refractivity contribution in [2.24, 2.45) is 0 Å². The van der Waals surface area contributed by atoms with Gasteiger partial charge in [0.1, 0.15) is 17.7 Å². The molecule has 6 heterocycles. The Labute approximate surface area is 173 Å². The number of aromatic amines is 2. The van der Waals surface area contributed by atoms with Crippen LogP contribution in [0.2, 0.25) is 0 Å². The van der Waals surface area contributed by atoms with Crippen molar-refractivity contribution in [1.82, 2.24) is 45.1 Å². The molecule has 6 aromatic rings. The molecule has 0 aliphatic rings. The van der Waals surface area contributed by atoms with Gasteiger partial charge in [-0.3, -0.25) is 15.1 Å². The first-order chi connectivity index (χ1) is 15.3. The Balaban J connectivity index is 1.56. The number of imidazole rings is 1.